The lowest BCUT2D eigenvalue weighted by atomic mass is 9.93. The average Bonchev–Trinajstić information content (AvgIpc) is 2.99. The van der Waals surface area contributed by atoms with E-state index < -0.39 is 5.60 Å². The molecule has 1 heterocycles. The van der Waals surface area contributed by atoms with E-state index in [0.717, 1.165) is 11.1 Å². The summed E-state index contributed by atoms with van der Waals surface area (Å²) in [6.07, 6.45) is 3.34. The van der Waals surface area contributed by atoms with Crippen molar-refractivity contribution in [3.63, 3.8) is 0 Å². The SMILES string of the molecule is Cc1ccccc1[C@@H](NC(=O)NC[C@](C)(O)c1cnn(C)c1)C(C)C. The van der Waals surface area contributed by atoms with Gasteiger partial charge in [0.05, 0.1) is 18.8 Å². The van der Waals surface area contributed by atoms with Crippen LogP contribution in [0.1, 0.15) is 43.5 Å². The van der Waals surface area contributed by atoms with Crippen molar-refractivity contribution in [3.05, 3.63) is 53.3 Å². The second kappa shape index (κ2) is 7.70. The first-order chi connectivity index (χ1) is 11.7. The first-order valence-corrected chi connectivity index (χ1v) is 8.52. The maximum absolute atomic E-state index is 12.4. The zero-order valence-electron chi connectivity index (χ0n) is 15.6. The summed E-state index contributed by atoms with van der Waals surface area (Å²) in [5.41, 5.74) is 1.73. The molecule has 2 atom stereocenters. The molecule has 0 spiro atoms. The third kappa shape index (κ3) is 4.82. The molecule has 3 N–H and O–H groups in total. The highest BCUT2D eigenvalue weighted by Gasteiger charge is 2.26. The summed E-state index contributed by atoms with van der Waals surface area (Å²) >= 11 is 0. The normalized spacial score (nSPS) is 14.8. The molecule has 2 amide bonds. The Morgan fingerprint density at radius 1 is 1.36 bits per heavy atom. The van der Waals surface area contributed by atoms with Crippen molar-refractivity contribution >= 4 is 6.03 Å². The number of urea groups is 1. The molecule has 6 nitrogen and oxygen atoms in total. The van der Waals surface area contributed by atoms with Crippen LogP contribution in [0, 0.1) is 12.8 Å². The number of aliphatic hydroxyl groups is 1. The van der Waals surface area contributed by atoms with Crippen molar-refractivity contribution < 1.29 is 9.90 Å². The Bertz CT molecular complexity index is 722. The number of carbonyl (C=O) groups excluding carboxylic acids is 1. The van der Waals surface area contributed by atoms with Crippen LogP contribution >= 0.6 is 0 Å². The zero-order chi connectivity index (χ0) is 18.6. The lowest BCUT2D eigenvalue weighted by Gasteiger charge is -2.27. The van der Waals surface area contributed by atoms with E-state index in [2.05, 4.69) is 29.6 Å². The molecule has 0 unspecified atom stereocenters. The first-order valence-electron chi connectivity index (χ1n) is 8.52. The Morgan fingerprint density at radius 3 is 2.60 bits per heavy atom. The second-order valence-electron chi connectivity index (χ2n) is 7.08. The number of hydrogen-bond acceptors (Lipinski definition) is 3. The summed E-state index contributed by atoms with van der Waals surface area (Å²) in [4.78, 5) is 12.4. The first kappa shape index (κ1) is 19.0. The molecule has 0 fully saturated rings. The van der Waals surface area contributed by atoms with E-state index in [4.69, 9.17) is 0 Å². The Morgan fingerprint density at radius 2 is 2.04 bits per heavy atom. The summed E-state index contributed by atoms with van der Waals surface area (Å²) in [7, 11) is 1.79. The van der Waals surface area contributed by atoms with Crippen LogP contribution in [-0.4, -0.2) is 27.5 Å². The van der Waals surface area contributed by atoms with Gasteiger partial charge in [0.15, 0.2) is 0 Å². The van der Waals surface area contributed by atoms with E-state index in [0.29, 0.717) is 5.56 Å². The minimum atomic E-state index is -1.18. The van der Waals surface area contributed by atoms with Gasteiger partial charge in [-0.2, -0.15) is 5.10 Å². The van der Waals surface area contributed by atoms with E-state index in [-0.39, 0.29) is 24.5 Å². The second-order valence-corrected chi connectivity index (χ2v) is 7.08. The number of hydrogen-bond donors (Lipinski definition) is 3. The highest BCUT2D eigenvalue weighted by Crippen LogP contribution is 2.24. The van der Waals surface area contributed by atoms with Crippen molar-refractivity contribution in [3.8, 4) is 0 Å². The lowest BCUT2D eigenvalue weighted by molar-refractivity contribution is 0.0591. The van der Waals surface area contributed by atoms with Crippen molar-refractivity contribution in [1.29, 1.82) is 0 Å². The Balaban J connectivity index is 2.01. The maximum Gasteiger partial charge on any atom is 0.315 e. The van der Waals surface area contributed by atoms with Gasteiger partial charge in [0.1, 0.15) is 5.60 Å². The van der Waals surface area contributed by atoms with Gasteiger partial charge in [-0.1, -0.05) is 38.1 Å². The monoisotopic (exact) mass is 344 g/mol. The maximum atomic E-state index is 12.4. The molecule has 6 heteroatoms. The van der Waals surface area contributed by atoms with Gasteiger partial charge in [0.2, 0.25) is 0 Å². The average molecular weight is 344 g/mol. The number of aromatic nitrogens is 2. The third-order valence-corrected chi connectivity index (χ3v) is 4.40. The van der Waals surface area contributed by atoms with Crippen LogP contribution in [0.15, 0.2) is 36.7 Å². The molecule has 0 aliphatic carbocycles. The highest BCUT2D eigenvalue weighted by molar-refractivity contribution is 5.74. The van der Waals surface area contributed by atoms with Crippen LogP contribution in [0.3, 0.4) is 0 Å². The van der Waals surface area contributed by atoms with Gasteiger partial charge in [-0.05, 0) is 30.9 Å². The lowest BCUT2D eigenvalue weighted by Crippen LogP contribution is -2.45. The summed E-state index contributed by atoms with van der Waals surface area (Å²) < 4.78 is 1.62. The summed E-state index contributed by atoms with van der Waals surface area (Å²) in [5, 5.41) is 20.4. The number of amides is 2. The van der Waals surface area contributed by atoms with Gasteiger partial charge in [0.25, 0.3) is 0 Å². The molecular formula is C19H28N4O2. The minimum absolute atomic E-state index is 0.0930. The van der Waals surface area contributed by atoms with Crippen LogP contribution in [0.2, 0.25) is 0 Å². The fourth-order valence-corrected chi connectivity index (χ4v) is 2.79. The number of aryl methyl sites for hydroxylation is 2. The van der Waals surface area contributed by atoms with E-state index in [1.54, 1.807) is 31.0 Å². The van der Waals surface area contributed by atoms with Crippen LogP contribution in [-0.2, 0) is 12.6 Å². The fraction of sp³-hybridized carbons (Fsp3) is 0.474. The molecular weight excluding hydrogens is 316 g/mol. The topological polar surface area (TPSA) is 79.2 Å². The van der Waals surface area contributed by atoms with Gasteiger partial charge < -0.3 is 15.7 Å². The summed E-state index contributed by atoms with van der Waals surface area (Å²) in [6, 6.07) is 7.64. The number of nitrogens with one attached hydrogen (secondary N) is 2. The van der Waals surface area contributed by atoms with Crippen LogP contribution < -0.4 is 10.6 Å². The van der Waals surface area contributed by atoms with Gasteiger partial charge >= 0.3 is 6.03 Å². The molecule has 1 aromatic carbocycles. The smallest absolute Gasteiger partial charge is 0.315 e. The van der Waals surface area contributed by atoms with Crippen LogP contribution in [0.25, 0.3) is 0 Å². The fourth-order valence-electron chi connectivity index (χ4n) is 2.79. The Labute approximate surface area is 149 Å². The molecule has 0 aliphatic heterocycles. The molecule has 0 saturated carbocycles. The van der Waals surface area contributed by atoms with Gasteiger partial charge in [-0.3, -0.25) is 4.68 Å². The summed E-state index contributed by atoms with van der Waals surface area (Å²) in [5.74, 6) is 0.241. The van der Waals surface area contributed by atoms with Crippen molar-refractivity contribution in [2.75, 3.05) is 6.54 Å². The van der Waals surface area contributed by atoms with Crippen molar-refractivity contribution in [2.24, 2.45) is 13.0 Å². The van der Waals surface area contributed by atoms with E-state index in [1.807, 2.05) is 31.2 Å². The van der Waals surface area contributed by atoms with Gasteiger partial charge in [-0.15, -0.1) is 0 Å². The molecule has 0 aliphatic rings. The summed E-state index contributed by atoms with van der Waals surface area (Å²) in [6.45, 7) is 7.94. The van der Waals surface area contributed by atoms with E-state index >= 15 is 0 Å². The molecule has 0 radical (unpaired) electrons. The molecule has 2 aromatic rings. The number of benzene rings is 1. The molecule has 1 aromatic heterocycles. The third-order valence-electron chi connectivity index (χ3n) is 4.40. The largest absolute Gasteiger partial charge is 0.383 e. The Hall–Kier alpha value is -2.34. The van der Waals surface area contributed by atoms with Crippen molar-refractivity contribution in [1.82, 2.24) is 20.4 Å². The molecule has 136 valence electrons. The molecule has 25 heavy (non-hydrogen) atoms. The molecule has 2 rings (SSSR count). The molecule has 0 bridgehead atoms. The standard InChI is InChI=1S/C19H28N4O2/c1-13(2)17(16-9-7-6-8-14(16)3)22-18(24)20-12-19(4,25)15-10-21-23(5)11-15/h6-11,13,17,25H,12H2,1-5H3,(H2,20,22,24)/t17-,19-/m0/s1. The van der Waals surface area contributed by atoms with Gasteiger partial charge in [-0.25, -0.2) is 4.79 Å². The Kier molecular flexibility index (Phi) is 5.85. The molecule has 0 saturated heterocycles. The van der Waals surface area contributed by atoms with E-state index in [9.17, 15) is 9.90 Å². The van der Waals surface area contributed by atoms with Crippen LogP contribution in [0.4, 0.5) is 4.79 Å². The predicted octanol–water partition coefficient (Wildman–Crippen LogP) is 2.63. The number of rotatable bonds is 6. The number of nitrogens with zero attached hydrogens (tertiary/aromatic N) is 2. The predicted molar refractivity (Wildman–Crippen MR) is 98.1 cm³/mol. The highest BCUT2D eigenvalue weighted by atomic mass is 16.3. The quantitative estimate of drug-likeness (QED) is 0.754. The van der Waals surface area contributed by atoms with Crippen molar-refractivity contribution in [2.45, 2.75) is 39.3 Å². The van der Waals surface area contributed by atoms with Crippen LogP contribution in [0.5, 0.6) is 0 Å². The van der Waals surface area contributed by atoms with E-state index in [1.165, 1.54) is 0 Å². The zero-order valence-corrected chi connectivity index (χ0v) is 15.6. The van der Waals surface area contributed by atoms with Gasteiger partial charge in [0, 0.05) is 18.8 Å². The minimum Gasteiger partial charge on any atom is -0.383 e. The number of carbonyl (C=O) groups is 1.